The zero-order valence-electron chi connectivity index (χ0n) is 9.77. The summed E-state index contributed by atoms with van der Waals surface area (Å²) < 4.78 is 0. The molecular formula is C15H19N. The summed E-state index contributed by atoms with van der Waals surface area (Å²) in [5.74, 6) is 3.05. The highest BCUT2D eigenvalue weighted by Gasteiger charge is 2.48. The molecular weight excluding hydrogens is 194 g/mol. The second-order valence-corrected chi connectivity index (χ2v) is 5.31. The largest absolute Gasteiger partial charge is 0.402 e. The molecule has 0 saturated heterocycles. The van der Waals surface area contributed by atoms with Gasteiger partial charge in [-0.1, -0.05) is 43.3 Å². The van der Waals surface area contributed by atoms with Crippen molar-refractivity contribution >= 4 is 0 Å². The molecule has 0 amide bonds. The van der Waals surface area contributed by atoms with Crippen molar-refractivity contribution in [3.63, 3.8) is 0 Å². The third-order valence-electron chi connectivity index (χ3n) is 4.41. The van der Waals surface area contributed by atoms with E-state index in [2.05, 4.69) is 43.3 Å². The van der Waals surface area contributed by atoms with E-state index in [4.69, 9.17) is 5.73 Å². The fraction of sp³-hybridized carbons (Fsp3) is 0.467. The van der Waals surface area contributed by atoms with Gasteiger partial charge in [0.15, 0.2) is 0 Å². The minimum Gasteiger partial charge on any atom is -0.402 e. The fourth-order valence-corrected chi connectivity index (χ4v) is 3.25. The molecule has 4 unspecified atom stereocenters. The van der Waals surface area contributed by atoms with Gasteiger partial charge in [-0.15, -0.1) is 0 Å². The summed E-state index contributed by atoms with van der Waals surface area (Å²) in [5.41, 5.74) is 8.61. The number of allylic oxidation sites excluding steroid dienone is 2. The Morgan fingerprint density at radius 2 is 2.00 bits per heavy atom. The predicted octanol–water partition coefficient (Wildman–Crippen LogP) is 3.29. The van der Waals surface area contributed by atoms with Gasteiger partial charge in [0.05, 0.1) is 0 Å². The Kier molecular flexibility index (Phi) is 2.27. The van der Waals surface area contributed by atoms with Crippen LogP contribution >= 0.6 is 0 Å². The lowest BCUT2D eigenvalue weighted by Crippen LogP contribution is -2.18. The molecule has 84 valence electrons. The Morgan fingerprint density at radius 3 is 2.75 bits per heavy atom. The molecule has 1 heteroatoms. The SMILES string of the molecule is CC(c1ccccc1)C1CC=C(N)C2CC21. The number of fused-ring (bicyclic) bond motifs is 1. The molecule has 1 nitrogen and oxygen atoms in total. The normalized spacial score (nSPS) is 33.8. The molecule has 1 fully saturated rings. The Hall–Kier alpha value is -1.24. The Labute approximate surface area is 97.4 Å². The monoisotopic (exact) mass is 213 g/mol. The van der Waals surface area contributed by atoms with Crippen molar-refractivity contribution in [2.45, 2.75) is 25.7 Å². The van der Waals surface area contributed by atoms with Crippen molar-refractivity contribution in [2.75, 3.05) is 0 Å². The molecule has 0 spiro atoms. The lowest BCUT2D eigenvalue weighted by atomic mass is 9.79. The van der Waals surface area contributed by atoms with Crippen molar-refractivity contribution in [1.82, 2.24) is 0 Å². The summed E-state index contributed by atoms with van der Waals surface area (Å²) in [5, 5.41) is 0. The molecule has 1 saturated carbocycles. The first kappa shape index (κ1) is 9.95. The molecule has 2 aliphatic rings. The van der Waals surface area contributed by atoms with Crippen LogP contribution in [-0.4, -0.2) is 0 Å². The third kappa shape index (κ3) is 1.55. The molecule has 0 heterocycles. The van der Waals surface area contributed by atoms with Gasteiger partial charge < -0.3 is 5.73 Å². The van der Waals surface area contributed by atoms with Crippen LogP contribution in [0.5, 0.6) is 0 Å². The first-order valence-corrected chi connectivity index (χ1v) is 6.28. The molecule has 0 aromatic heterocycles. The number of hydrogen-bond acceptors (Lipinski definition) is 1. The van der Waals surface area contributed by atoms with E-state index in [0.29, 0.717) is 11.8 Å². The van der Waals surface area contributed by atoms with Crippen LogP contribution in [0, 0.1) is 17.8 Å². The van der Waals surface area contributed by atoms with Gasteiger partial charge in [-0.2, -0.15) is 0 Å². The molecule has 1 aromatic rings. The number of hydrogen-bond donors (Lipinski definition) is 1. The average Bonchev–Trinajstić information content (AvgIpc) is 3.11. The summed E-state index contributed by atoms with van der Waals surface area (Å²) in [7, 11) is 0. The molecule has 0 aliphatic heterocycles. The van der Waals surface area contributed by atoms with E-state index in [-0.39, 0.29) is 0 Å². The number of rotatable bonds is 2. The molecule has 2 N–H and O–H groups in total. The number of nitrogens with two attached hydrogens (primary N) is 1. The summed E-state index contributed by atoms with van der Waals surface area (Å²) >= 11 is 0. The van der Waals surface area contributed by atoms with Gasteiger partial charge in [0.1, 0.15) is 0 Å². The molecule has 4 atom stereocenters. The van der Waals surface area contributed by atoms with Crippen molar-refractivity contribution in [3.8, 4) is 0 Å². The van der Waals surface area contributed by atoms with Crippen LogP contribution in [-0.2, 0) is 0 Å². The highest BCUT2D eigenvalue weighted by molar-refractivity contribution is 5.25. The zero-order chi connectivity index (χ0) is 11.1. The predicted molar refractivity (Wildman–Crippen MR) is 66.8 cm³/mol. The molecule has 0 radical (unpaired) electrons. The van der Waals surface area contributed by atoms with Gasteiger partial charge in [0.2, 0.25) is 0 Å². The minimum atomic E-state index is 0.667. The van der Waals surface area contributed by atoms with Gasteiger partial charge in [-0.3, -0.25) is 0 Å². The fourth-order valence-electron chi connectivity index (χ4n) is 3.25. The minimum absolute atomic E-state index is 0.667. The second kappa shape index (κ2) is 3.65. The van der Waals surface area contributed by atoms with Crippen LogP contribution in [0.2, 0.25) is 0 Å². The van der Waals surface area contributed by atoms with Gasteiger partial charge >= 0.3 is 0 Å². The molecule has 1 aromatic carbocycles. The van der Waals surface area contributed by atoms with Gasteiger partial charge in [-0.05, 0) is 36.2 Å². The van der Waals surface area contributed by atoms with Crippen molar-refractivity contribution in [2.24, 2.45) is 23.5 Å². The highest BCUT2D eigenvalue weighted by Crippen LogP contribution is 2.55. The van der Waals surface area contributed by atoms with E-state index in [9.17, 15) is 0 Å². The van der Waals surface area contributed by atoms with Crippen LogP contribution in [0.25, 0.3) is 0 Å². The molecule has 2 aliphatic carbocycles. The lowest BCUT2D eigenvalue weighted by Gasteiger charge is -2.26. The smallest absolute Gasteiger partial charge is 0.00746 e. The standard InChI is InChI=1S/C15H19N/c1-10(11-5-3-2-4-6-11)12-7-8-15(16)14-9-13(12)14/h2-6,8,10,12-14H,7,9,16H2,1H3. The first-order valence-electron chi connectivity index (χ1n) is 6.28. The first-order chi connectivity index (χ1) is 7.77. The van der Waals surface area contributed by atoms with Crippen LogP contribution in [0.1, 0.15) is 31.2 Å². The van der Waals surface area contributed by atoms with E-state index in [1.165, 1.54) is 18.4 Å². The van der Waals surface area contributed by atoms with Crippen molar-refractivity contribution in [1.29, 1.82) is 0 Å². The second-order valence-electron chi connectivity index (χ2n) is 5.31. The highest BCUT2D eigenvalue weighted by atomic mass is 14.7. The Morgan fingerprint density at radius 1 is 1.25 bits per heavy atom. The van der Waals surface area contributed by atoms with Gasteiger partial charge in [-0.25, -0.2) is 0 Å². The van der Waals surface area contributed by atoms with E-state index >= 15 is 0 Å². The van der Waals surface area contributed by atoms with Gasteiger partial charge in [0.25, 0.3) is 0 Å². The summed E-state index contributed by atoms with van der Waals surface area (Å²) in [4.78, 5) is 0. The third-order valence-corrected chi connectivity index (χ3v) is 4.41. The lowest BCUT2D eigenvalue weighted by molar-refractivity contribution is 0.371. The summed E-state index contributed by atoms with van der Waals surface area (Å²) in [6.07, 6.45) is 4.76. The Balaban J connectivity index is 1.80. The topological polar surface area (TPSA) is 26.0 Å². The van der Waals surface area contributed by atoms with Gasteiger partial charge in [0, 0.05) is 11.6 Å². The average molecular weight is 213 g/mol. The molecule has 3 rings (SSSR count). The maximum Gasteiger partial charge on any atom is 0.00746 e. The molecule has 16 heavy (non-hydrogen) atoms. The zero-order valence-corrected chi connectivity index (χ0v) is 9.77. The van der Waals surface area contributed by atoms with Crippen molar-refractivity contribution < 1.29 is 0 Å². The van der Waals surface area contributed by atoms with Crippen LogP contribution < -0.4 is 5.73 Å². The van der Waals surface area contributed by atoms with Crippen LogP contribution in [0.4, 0.5) is 0 Å². The van der Waals surface area contributed by atoms with E-state index in [1.54, 1.807) is 0 Å². The Bertz CT molecular complexity index is 407. The van der Waals surface area contributed by atoms with Crippen LogP contribution in [0.3, 0.4) is 0 Å². The van der Waals surface area contributed by atoms with Crippen molar-refractivity contribution in [3.05, 3.63) is 47.7 Å². The summed E-state index contributed by atoms with van der Waals surface area (Å²) in [6.45, 7) is 2.37. The maximum atomic E-state index is 5.98. The summed E-state index contributed by atoms with van der Waals surface area (Å²) in [6, 6.07) is 10.9. The number of benzene rings is 1. The van der Waals surface area contributed by atoms with E-state index in [0.717, 1.165) is 17.5 Å². The maximum absolute atomic E-state index is 5.98. The van der Waals surface area contributed by atoms with E-state index < -0.39 is 0 Å². The van der Waals surface area contributed by atoms with Crippen LogP contribution in [0.15, 0.2) is 42.1 Å². The quantitative estimate of drug-likeness (QED) is 0.801. The van der Waals surface area contributed by atoms with E-state index in [1.807, 2.05) is 0 Å². The molecule has 0 bridgehead atoms.